The number of carbonyl (C=O) groups is 1. The van der Waals surface area contributed by atoms with Crippen LogP contribution in [-0.2, 0) is 11.3 Å². The van der Waals surface area contributed by atoms with Gasteiger partial charge in [0.2, 0.25) is 11.9 Å². The van der Waals surface area contributed by atoms with Gasteiger partial charge in [-0.05, 0) is 36.8 Å². The number of esters is 1. The largest absolute Gasteiger partial charge is 0.454 e. The molecule has 3 N–H and O–H groups in total. The van der Waals surface area contributed by atoms with E-state index in [4.69, 9.17) is 10.5 Å². The maximum Gasteiger partial charge on any atom is 0.338 e. The second-order valence-electron chi connectivity index (χ2n) is 5.98. The summed E-state index contributed by atoms with van der Waals surface area (Å²) in [7, 11) is 0. The highest BCUT2D eigenvalue weighted by atomic mass is 32.1. The van der Waals surface area contributed by atoms with Gasteiger partial charge in [0, 0.05) is 5.69 Å². The predicted octanol–water partition coefficient (Wildman–Crippen LogP) is 3.47. The average Bonchev–Trinajstić information content (AvgIpc) is 3.15. The lowest BCUT2D eigenvalue weighted by molar-refractivity contribution is 0.0462. The zero-order valence-electron chi connectivity index (χ0n) is 14.9. The van der Waals surface area contributed by atoms with Crippen molar-refractivity contribution in [2.75, 3.05) is 11.1 Å². The van der Waals surface area contributed by atoms with Crippen LogP contribution in [0, 0.1) is 6.92 Å². The van der Waals surface area contributed by atoms with Crippen molar-refractivity contribution in [3.05, 3.63) is 64.9 Å². The number of para-hydroxylation sites is 1. The van der Waals surface area contributed by atoms with Crippen LogP contribution in [-0.4, -0.2) is 25.9 Å². The SMILES string of the molecule is Cc1ccccc1Nc1nc(N)nc(COC(=O)c2ccc3ncsc3c2)n1. The van der Waals surface area contributed by atoms with Gasteiger partial charge in [0.05, 0.1) is 21.3 Å². The molecule has 0 spiro atoms. The first-order valence-corrected chi connectivity index (χ1v) is 9.30. The third-order valence-electron chi connectivity index (χ3n) is 3.99. The number of nitrogens with two attached hydrogens (primary N) is 1. The Kier molecular flexibility index (Phi) is 4.81. The molecule has 0 fully saturated rings. The van der Waals surface area contributed by atoms with E-state index >= 15 is 0 Å². The maximum absolute atomic E-state index is 12.3. The number of aromatic nitrogens is 4. The molecular formula is C19H16N6O2S. The van der Waals surface area contributed by atoms with Gasteiger partial charge in [0.25, 0.3) is 0 Å². The Bertz CT molecular complexity index is 1160. The number of carbonyl (C=O) groups excluding carboxylic acids is 1. The topological polar surface area (TPSA) is 116 Å². The van der Waals surface area contributed by atoms with Gasteiger partial charge in [-0.1, -0.05) is 18.2 Å². The number of ether oxygens (including phenoxy) is 1. The number of nitrogens with one attached hydrogen (secondary N) is 1. The lowest BCUT2D eigenvalue weighted by Gasteiger charge is -2.09. The molecular weight excluding hydrogens is 376 g/mol. The van der Waals surface area contributed by atoms with E-state index in [-0.39, 0.29) is 18.4 Å². The predicted molar refractivity (Wildman–Crippen MR) is 107 cm³/mol. The van der Waals surface area contributed by atoms with Gasteiger partial charge in [-0.2, -0.15) is 15.0 Å². The molecule has 2 aromatic carbocycles. The van der Waals surface area contributed by atoms with Crippen molar-refractivity contribution in [1.82, 2.24) is 19.9 Å². The minimum absolute atomic E-state index is 0.0446. The molecule has 0 aliphatic rings. The van der Waals surface area contributed by atoms with Crippen molar-refractivity contribution in [3.63, 3.8) is 0 Å². The van der Waals surface area contributed by atoms with E-state index in [0.717, 1.165) is 21.5 Å². The lowest BCUT2D eigenvalue weighted by atomic mass is 10.2. The van der Waals surface area contributed by atoms with Gasteiger partial charge in [-0.3, -0.25) is 0 Å². The average molecular weight is 392 g/mol. The van der Waals surface area contributed by atoms with Crippen molar-refractivity contribution in [3.8, 4) is 0 Å². The van der Waals surface area contributed by atoms with E-state index in [1.54, 1.807) is 23.7 Å². The third kappa shape index (κ3) is 3.89. The number of hydrogen-bond acceptors (Lipinski definition) is 9. The fraction of sp³-hybridized carbons (Fsp3) is 0.105. The summed E-state index contributed by atoms with van der Waals surface area (Å²) in [6.07, 6.45) is 0. The summed E-state index contributed by atoms with van der Waals surface area (Å²) >= 11 is 1.46. The van der Waals surface area contributed by atoms with Crippen LogP contribution in [0.15, 0.2) is 48.0 Å². The monoisotopic (exact) mass is 392 g/mol. The zero-order chi connectivity index (χ0) is 19.5. The Morgan fingerprint density at radius 1 is 1.18 bits per heavy atom. The van der Waals surface area contributed by atoms with E-state index in [1.165, 1.54) is 11.3 Å². The summed E-state index contributed by atoms with van der Waals surface area (Å²) in [6, 6.07) is 12.9. The Morgan fingerprint density at radius 3 is 2.89 bits per heavy atom. The second-order valence-corrected chi connectivity index (χ2v) is 6.87. The number of nitrogens with zero attached hydrogens (tertiary/aromatic N) is 4. The number of nitrogen functional groups attached to an aromatic ring is 1. The summed E-state index contributed by atoms with van der Waals surface area (Å²) in [4.78, 5) is 28.9. The third-order valence-corrected chi connectivity index (χ3v) is 4.78. The number of hydrogen-bond donors (Lipinski definition) is 2. The van der Waals surface area contributed by atoms with Gasteiger partial charge in [-0.25, -0.2) is 9.78 Å². The zero-order valence-corrected chi connectivity index (χ0v) is 15.7. The minimum atomic E-state index is -0.470. The van der Waals surface area contributed by atoms with Crippen LogP contribution in [0.4, 0.5) is 17.6 Å². The van der Waals surface area contributed by atoms with Crippen LogP contribution in [0.25, 0.3) is 10.2 Å². The van der Waals surface area contributed by atoms with Gasteiger partial charge >= 0.3 is 5.97 Å². The Labute approximate surface area is 164 Å². The molecule has 9 heteroatoms. The van der Waals surface area contributed by atoms with Crippen LogP contribution in [0.5, 0.6) is 0 Å². The number of rotatable bonds is 5. The highest BCUT2D eigenvalue weighted by Crippen LogP contribution is 2.20. The van der Waals surface area contributed by atoms with Crippen LogP contribution < -0.4 is 11.1 Å². The van der Waals surface area contributed by atoms with Gasteiger partial charge < -0.3 is 15.8 Å². The second kappa shape index (κ2) is 7.57. The number of benzene rings is 2. The molecule has 2 heterocycles. The molecule has 0 bridgehead atoms. The fourth-order valence-electron chi connectivity index (χ4n) is 2.59. The number of anilines is 3. The summed E-state index contributed by atoms with van der Waals surface area (Å²) in [5, 5.41) is 3.10. The molecule has 0 atom stereocenters. The van der Waals surface area contributed by atoms with Gasteiger partial charge in [0.1, 0.15) is 0 Å². The lowest BCUT2D eigenvalue weighted by Crippen LogP contribution is -2.11. The van der Waals surface area contributed by atoms with Gasteiger partial charge in [-0.15, -0.1) is 11.3 Å². The molecule has 28 heavy (non-hydrogen) atoms. The fourth-order valence-corrected chi connectivity index (χ4v) is 3.30. The molecule has 0 aliphatic carbocycles. The first-order chi connectivity index (χ1) is 13.6. The molecule has 2 aromatic heterocycles. The normalized spacial score (nSPS) is 10.8. The van der Waals surface area contributed by atoms with E-state index < -0.39 is 5.97 Å². The van der Waals surface area contributed by atoms with Crippen LogP contribution in [0.3, 0.4) is 0 Å². The summed E-state index contributed by atoms with van der Waals surface area (Å²) in [5.41, 5.74) is 10.7. The molecule has 4 aromatic rings. The molecule has 0 saturated carbocycles. The first-order valence-electron chi connectivity index (χ1n) is 8.42. The van der Waals surface area contributed by atoms with Gasteiger partial charge in [0.15, 0.2) is 12.4 Å². The van der Waals surface area contributed by atoms with E-state index in [9.17, 15) is 4.79 Å². The van der Waals surface area contributed by atoms with Crippen LogP contribution >= 0.6 is 11.3 Å². The molecule has 8 nitrogen and oxygen atoms in total. The number of fused-ring (bicyclic) bond motifs is 1. The molecule has 0 saturated heterocycles. The summed E-state index contributed by atoms with van der Waals surface area (Å²) in [6.45, 7) is 1.85. The molecule has 0 radical (unpaired) electrons. The van der Waals surface area contributed by atoms with Crippen molar-refractivity contribution < 1.29 is 9.53 Å². The molecule has 0 amide bonds. The Balaban J connectivity index is 1.47. The van der Waals surface area contributed by atoms with E-state index in [1.807, 2.05) is 31.2 Å². The standard InChI is InChI=1S/C19H16N6O2S/c1-11-4-2-3-5-13(11)22-19-24-16(23-18(20)25-19)9-27-17(26)12-6-7-14-15(8-12)28-10-21-14/h2-8,10H,9H2,1H3,(H3,20,22,23,24,25). The maximum atomic E-state index is 12.3. The van der Waals surface area contributed by atoms with E-state index in [2.05, 4.69) is 25.3 Å². The van der Waals surface area contributed by atoms with Crippen molar-refractivity contribution in [2.24, 2.45) is 0 Å². The summed E-state index contributed by atoms with van der Waals surface area (Å²) < 4.78 is 6.25. The van der Waals surface area contributed by atoms with E-state index in [0.29, 0.717) is 11.5 Å². The smallest absolute Gasteiger partial charge is 0.338 e. The van der Waals surface area contributed by atoms with Crippen molar-refractivity contribution in [1.29, 1.82) is 0 Å². The van der Waals surface area contributed by atoms with Crippen LogP contribution in [0.1, 0.15) is 21.7 Å². The number of thiazole rings is 1. The molecule has 140 valence electrons. The quantitative estimate of drug-likeness (QED) is 0.496. The van der Waals surface area contributed by atoms with Crippen molar-refractivity contribution >= 4 is 45.1 Å². The summed E-state index contributed by atoms with van der Waals surface area (Å²) in [5.74, 6) is 0.126. The first kappa shape index (κ1) is 17.8. The Morgan fingerprint density at radius 2 is 2.04 bits per heavy atom. The highest BCUT2D eigenvalue weighted by molar-refractivity contribution is 7.16. The number of aryl methyl sites for hydroxylation is 1. The molecule has 0 unspecified atom stereocenters. The molecule has 0 aliphatic heterocycles. The Hall–Kier alpha value is -3.59. The molecule has 4 rings (SSSR count). The minimum Gasteiger partial charge on any atom is -0.454 e. The van der Waals surface area contributed by atoms with Crippen LogP contribution in [0.2, 0.25) is 0 Å². The highest BCUT2D eigenvalue weighted by Gasteiger charge is 2.12. The van der Waals surface area contributed by atoms with Crippen molar-refractivity contribution in [2.45, 2.75) is 13.5 Å².